The van der Waals surface area contributed by atoms with Gasteiger partial charge in [-0.2, -0.15) is 0 Å². The Hall–Kier alpha value is -1.38. The van der Waals surface area contributed by atoms with Gasteiger partial charge < -0.3 is 18.8 Å². The van der Waals surface area contributed by atoms with Crippen LogP contribution in [0.5, 0.6) is 0 Å². The molecule has 3 rings (SSSR count). The van der Waals surface area contributed by atoms with Crippen molar-refractivity contribution in [3.05, 3.63) is 51.7 Å². The largest absolute Gasteiger partial charge is 0.465 e. The average molecular weight is 580 g/mol. The van der Waals surface area contributed by atoms with Crippen molar-refractivity contribution in [1.29, 1.82) is 0 Å². The summed E-state index contributed by atoms with van der Waals surface area (Å²) in [6.07, 6.45) is 5.75. The summed E-state index contributed by atoms with van der Waals surface area (Å²) in [6.45, 7) is 15.8. The summed E-state index contributed by atoms with van der Waals surface area (Å²) >= 11 is 8.15. The van der Waals surface area contributed by atoms with Crippen LogP contribution in [-0.4, -0.2) is 46.0 Å². The lowest BCUT2D eigenvalue weighted by Gasteiger charge is -2.39. The molecule has 0 bridgehead atoms. The van der Waals surface area contributed by atoms with Crippen LogP contribution in [0.15, 0.2) is 36.4 Å². The minimum atomic E-state index is -1.89. The van der Waals surface area contributed by atoms with Crippen LogP contribution in [0, 0.1) is 0 Å². The van der Waals surface area contributed by atoms with Gasteiger partial charge in [-0.1, -0.05) is 59.1 Å². The van der Waals surface area contributed by atoms with E-state index >= 15 is 0 Å². The number of unbranched alkanes of at least 4 members (excludes halogenated alkanes) is 2. The second kappa shape index (κ2) is 13.8. The molecule has 8 heteroatoms. The van der Waals surface area contributed by atoms with Gasteiger partial charge >= 0.3 is 5.97 Å². The van der Waals surface area contributed by atoms with E-state index in [1.807, 2.05) is 6.07 Å². The maximum atomic E-state index is 11.7. The normalized spacial score (nSPS) is 19.1. The maximum absolute atomic E-state index is 11.7. The second-order valence-electron chi connectivity index (χ2n) is 11.8. The zero-order valence-corrected chi connectivity index (χ0v) is 26.8. The van der Waals surface area contributed by atoms with Gasteiger partial charge in [-0.3, -0.25) is 0 Å². The number of benzene rings is 1. The van der Waals surface area contributed by atoms with E-state index in [9.17, 15) is 4.79 Å². The lowest BCUT2D eigenvalue weighted by Crippen LogP contribution is -2.41. The van der Waals surface area contributed by atoms with Crippen LogP contribution in [0.25, 0.3) is 0 Å². The number of halogens is 1. The Morgan fingerprint density at radius 1 is 1.16 bits per heavy atom. The quantitative estimate of drug-likeness (QED) is 0.103. The number of ether oxygens (including phenoxy) is 2. The molecule has 2 aromatic rings. The Morgan fingerprint density at radius 3 is 2.50 bits per heavy atom. The highest BCUT2D eigenvalue weighted by Crippen LogP contribution is 2.41. The van der Waals surface area contributed by atoms with Gasteiger partial charge in [0.2, 0.25) is 0 Å². The molecule has 1 aliphatic rings. The van der Waals surface area contributed by atoms with E-state index in [1.54, 1.807) is 6.07 Å². The van der Waals surface area contributed by atoms with Crippen molar-refractivity contribution in [3.8, 4) is 0 Å². The molecule has 2 heterocycles. The molecule has 1 fully saturated rings. The number of esters is 1. The summed E-state index contributed by atoms with van der Waals surface area (Å²) in [6, 6.07) is 12.8. The number of hydrogen-bond donors (Lipinski definition) is 0. The molecule has 3 atom stereocenters. The maximum Gasteiger partial charge on any atom is 0.348 e. The van der Waals surface area contributed by atoms with E-state index in [1.165, 1.54) is 49.0 Å². The van der Waals surface area contributed by atoms with E-state index in [0.717, 1.165) is 24.3 Å². The van der Waals surface area contributed by atoms with Crippen LogP contribution in [0.4, 0.5) is 5.69 Å². The number of carbonyl (C=O) groups excluding carboxylic acids is 1. The highest BCUT2D eigenvalue weighted by Gasteiger charge is 2.39. The third-order valence-electron chi connectivity index (χ3n) is 7.95. The van der Waals surface area contributed by atoms with Gasteiger partial charge in [0.25, 0.3) is 0 Å². The van der Waals surface area contributed by atoms with Crippen molar-refractivity contribution in [2.45, 2.75) is 102 Å². The molecule has 1 unspecified atom stereocenters. The second-order valence-corrected chi connectivity index (χ2v) is 18.3. The molecule has 1 aromatic heterocycles. The molecule has 0 radical (unpaired) electrons. The minimum Gasteiger partial charge on any atom is -0.465 e. The molecule has 212 valence electrons. The first-order chi connectivity index (χ1) is 18.0. The molecule has 0 aliphatic carbocycles. The number of anilines is 1. The van der Waals surface area contributed by atoms with E-state index in [-0.39, 0.29) is 28.5 Å². The Morgan fingerprint density at radius 2 is 1.87 bits per heavy atom. The lowest BCUT2D eigenvalue weighted by atomic mass is 10.0. The van der Waals surface area contributed by atoms with Crippen LogP contribution in [0.3, 0.4) is 0 Å². The first kappa shape index (κ1) is 31.1. The zero-order chi connectivity index (χ0) is 27.9. The zero-order valence-electron chi connectivity index (χ0n) is 24.2. The number of thiophene rings is 1. The number of carbonyl (C=O) groups is 1. The van der Waals surface area contributed by atoms with Crippen LogP contribution in [-0.2, 0) is 20.5 Å². The number of nitrogens with zero attached hydrogens (tertiary/aromatic N) is 1. The van der Waals surface area contributed by atoms with E-state index < -0.39 is 8.32 Å². The predicted octanol–water partition coefficient (Wildman–Crippen LogP) is 8.58. The molecular weight excluding hydrogens is 534 g/mol. The number of rotatable bonds is 13. The number of hydrogen-bond acceptors (Lipinski definition) is 6. The molecule has 0 saturated carbocycles. The molecule has 1 aromatic carbocycles. The highest BCUT2D eigenvalue weighted by molar-refractivity contribution is 7.13. The number of methoxy groups -OCH3 is 1. The fourth-order valence-electron chi connectivity index (χ4n) is 4.56. The van der Waals surface area contributed by atoms with Crippen LogP contribution in [0.1, 0.15) is 86.0 Å². The Balaban J connectivity index is 1.66. The van der Waals surface area contributed by atoms with Crippen LogP contribution in [0.2, 0.25) is 18.1 Å². The summed E-state index contributed by atoms with van der Waals surface area (Å²) in [7, 11) is -0.493. The number of alkyl halides is 1. The first-order valence-electron chi connectivity index (χ1n) is 13.9. The molecular formula is C30H46ClNO4SSi. The summed E-state index contributed by atoms with van der Waals surface area (Å²) in [4.78, 5) is 15.7. The van der Waals surface area contributed by atoms with Crippen molar-refractivity contribution in [2.75, 3.05) is 25.2 Å². The molecule has 0 amide bonds. The average Bonchev–Trinajstić information content (AvgIpc) is 3.49. The predicted molar refractivity (Wildman–Crippen MR) is 162 cm³/mol. The molecule has 1 aliphatic heterocycles. The van der Waals surface area contributed by atoms with E-state index in [4.69, 9.17) is 25.5 Å². The topological polar surface area (TPSA) is 48.0 Å². The van der Waals surface area contributed by atoms with Crippen molar-refractivity contribution in [2.24, 2.45) is 0 Å². The first-order valence-corrected chi connectivity index (χ1v) is 18.1. The molecule has 38 heavy (non-hydrogen) atoms. The monoisotopic (exact) mass is 579 g/mol. The molecule has 0 N–H and O–H groups in total. The van der Waals surface area contributed by atoms with Gasteiger partial charge in [0.05, 0.1) is 37.8 Å². The summed E-state index contributed by atoms with van der Waals surface area (Å²) in [5, 5.41) is 0.213. The highest BCUT2D eigenvalue weighted by atomic mass is 35.5. The third kappa shape index (κ3) is 8.07. The van der Waals surface area contributed by atoms with Gasteiger partial charge in [-0.15, -0.1) is 22.9 Å². The lowest BCUT2D eigenvalue weighted by molar-refractivity contribution is 0.0606. The Bertz CT molecular complexity index is 1020. The van der Waals surface area contributed by atoms with Gasteiger partial charge in [0, 0.05) is 17.1 Å². The fraction of sp³-hybridized carbons (Fsp3) is 0.633. The van der Waals surface area contributed by atoms with Crippen LogP contribution >= 0.6 is 22.9 Å². The fourth-order valence-corrected chi connectivity index (χ4v) is 7.05. The van der Waals surface area contributed by atoms with Gasteiger partial charge in [0.1, 0.15) is 4.88 Å². The van der Waals surface area contributed by atoms with Gasteiger partial charge in [0.15, 0.2) is 8.32 Å². The summed E-state index contributed by atoms with van der Waals surface area (Å²) < 4.78 is 17.8. The smallest absolute Gasteiger partial charge is 0.348 e. The standard InChI is InChI=1S/C30H46ClNO4SSi/c1-8-9-10-11-27(36-38(6,7)30(2,3)4)22-12-14-23(15-13-22)32-19-18-25(31)26(32)21-35-20-24-16-17-28(37-24)29(33)34-5/h12-17,25-27H,8-11,18-21H2,1-7H3/t25-,26+,27?/m1/s1. The Labute approximate surface area is 239 Å². The summed E-state index contributed by atoms with van der Waals surface area (Å²) in [5.41, 5.74) is 2.44. The molecule has 0 spiro atoms. The third-order valence-corrected chi connectivity index (χ3v) is 14.0. The van der Waals surface area contributed by atoms with Gasteiger partial charge in [-0.25, -0.2) is 4.79 Å². The van der Waals surface area contributed by atoms with Crippen LogP contribution < -0.4 is 4.90 Å². The van der Waals surface area contributed by atoms with Crippen molar-refractivity contribution in [3.63, 3.8) is 0 Å². The van der Waals surface area contributed by atoms with Crippen molar-refractivity contribution < 1.29 is 18.7 Å². The van der Waals surface area contributed by atoms with E-state index in [0.29, 0.717) is 18.1 Å². The van der Waals surface area contributed by atoms with Crippen molar-refractivity contribution in [1.82, 2.24) is 0 Å². The van der Waals surface area contributed by atoms with Gasteiger partial charge in [-0.05, 0) is 60.8 Å². The Kier molecular flexibility index (Phi) is 11.3. The molecule has 1 saturated heterocycles. The van der Waals surface area contributed by atoms with E-state index in [2.05, 4.69) is 70.0 Å². The molecule has 5 nitrogen and oxygen atoms in total. The summed E-state index contributed by atoms with van der Waals surface area (Å²) in [5.74, 6) is -0.310. The van der Waals surface area contributed by atoms with Crippen molar-refractivity contribution >= 4 is 42.9 Å². The minimum absolute atomic E-state index is 0.0346. The SMILES string of the molecule is CCCCCC(O[Si](C)(C)C(C)(C)C)c1ccc(N2CC[C@@H](Cl)[C@@H]2COCc2ccc(C(=O)OC)s2)cc1.